The van der Waals surface area contributed by atoms with E-state index >= 15 is 0 Å². The summed E-state index contributed by atoms with van der Waals surface area (Å²) in [6.07, 6.45) is 2.04. The molecule has 1 unspecified atom stereocenters. The molecule has 0 heterocycles. The summed E-state index contributed by atoms with van der Waals surface area (Å²) < 4.78 is 11.3. The zero-order valence-electron chi connectivity index (χ0n) is 9.35. The predicted octanol–water partition coefficient (Wildman–Crippen LogP) is 1.92. The number of rotatable bonds is 6. The van der Waals surface area contributed by atoms with Gasteiger partial charge < -0.3 is 5.32 Å². The van der Waals surface area contributed by atoms with Crippen LogP contribution in [0, 0.1) is 0 Å². The molecule has 0 aromatic rings. The van der Waals surface area contributed by atoms with Crippen molar-refractivity contribution in [2.45, 2.75) is 46.1 Å². The molecule has 0 amide bonds. The van der Waals surface area contributed by atoms with Gasteiger partial charge in [0, 0.05) is 27.8 Å². The van der Waals surface area contributed by atoms with Crippen LogP contribution in [0.4, 0.5) is 0 Å². The van der Waals surface area contributed by atoms with Gasteiger partial charge in [0.05, 0.1) is 0 Å². The summed E-state index contributed by atoms with van der Waals surface area (Å²) in [6, 6.07) is 0. The van der Waals surface area contributed by atoms with E-state index < -0.39 is 10.8 Å². The Hall–Kier alpha value is 0.110. The van der Waals surface area contributed by atoms with Gasteiger partial charge in [0.25, 0.3) is 0 Å². The van der Waals surface area contributed by atoms with Crippen molar-refractivity contribution >= 4 is 10.8 Å². The Morgan fingerprint density at radius 2 is 1.85 bits per heavy atom. The van der Waals surface area contributed by atoms with Crippen molar-refractivity contribution in [1.29, 1.82) is 0 Å². The van der Waals surface area contributed by atoms with Crippen LogP contribution in [-0.4, -0.2) is 27.8 Å². The molecule has 0 spiro atoms. The van der Waals surface area contributed by atoms with Gasteiger partial charge in [-0.05, 0) is 40.2 Å². The number of nitrogens with one attached hydrogen (secondary N) is 1. The van der Waals surface area contributed by atoms with Crippen LogP contribution >= 0.6 is 0 Å². The van der Waals surface area contributed by atoms with E-state index in [1.165, 1.54) is 0 Å². The van der Waals surface area contributed by atoms with E-state index in [1.54, 1.807) is 0 Å². The summed E-state index contributed by atoms with van der Waals surface area (Å²) in [4.78, 5) is 0. The van der Waals surface area contributed by atoms with E-state index in [2.05, 4.69) is 33.0 Å². The Morgan fingerprint density at radius 3 is 2.31 bits per heavy atom. The van der Waals surface area contributed by atoms with E-state index in [1.807, 2.05) is 0 Å². The molecule has 2 nitrogen and oxygen atoms in total. The highest BCUT2D eigenvalue weighted by Gasteiger charge is 2.07. The van der Waals surface area contributed by atoms with Crippen LogP contribution in [0.1, 0.15) is 40.5 Å². The van der Waals surface area contributed by atoms with Gasteiger partial charge in [0.15, 0.2) is 0 Å². The Morgan fingerprint density at radius 1 is 1.23 bits per heavy atom. The Kier molecular flexibility index (Phi) is 6.60. The molecular formula is C10H23NOS. The molecule has 1 N–H and O–H groups in total. The maximum absolute atomic E-state index is 11.3. The molecule has 0 aromatic heterocycles. The Bertz CT molecular complexity index is 151. The molecule has 1 atom stereocenters. The van der Waals surface area contributed by atoms with Gasteiger partial charge in [0.2, 0.25) is 0 Å². The third-order valence-corrected chi connectivity index (χ3v) is 3.24. The van der Waals surface area contributed by atoms with E-state index in [-0.39, 0.29) is 5.54 Å². The molecule has 0 aliphatic heterocycles. The standard InChI is InChI=1S/C10H23NOS/c1-5-8-13(12)9-6-7-11-10(2,3)4/h11H,5-9H2,1-4H3. The second-order valence-corrected chi connectivity index (χ2v) is 6.07. The van der Waals surface area contributed by atoms with Crippen molar-refractivity contribution in [3.05, 3.63) is 0 Å². The Balaban J connectivity index is 3.31. The molecule has 0 fully saturated rings. The lowest BCUT2D eigenvalue weighted by molar-refractivity contribution is 0.427. The summed E-state index contributed by atoms with van der Waals surface area (Å²) in [5.41, 5.74) is 0.187. The van der Waals surface area contributed by atoms with E-state index in [0.717, 1.165) is 30.9 Å². The zero-order valence-corrected chi connectivity index (χ0v) is 10.2. The van der Waals surface area contributed by atoms with Crippen molar-refractivity contribution in [2.24, 2.45) is 0 Å². The molecule has 80 valence electrons. The van der Waals surface area contributed by atoms with Crippen LogP contribution in [0.3, 0.4) is 0 Å². The highest BCUT2D eigenvalue weighted by atomic mass is 32.2. The lowest BCUT2D eigenvalue weighted by Crippen LogP contribution is -2.36. The van der Waals surface area contributed by atoms with Gasteiger partial charge in [-0.1, -0.05) is 6.92 Å². The van der Waals surface area contributed by atoms with Crippen LogP contribution < -0.4 is 5.32 Å². The molecular weight excluding hydrogens is 182 g/mol. The average Bonchev–Trinajstić information content (AvgIpc) is 1.97. The highest BCUT2D eigenvalue weighted by Crippen LogP contribution is 1.98. The predicted molar refractivity (Wildman–Crippen MR) is 60.5 cm³/mol. The van der Waals surface area contributed by atoms with Crippen LogP contribution in [0.5, 0.6) is 0 Å². The van der Waals surface area contributed by atoms with Crippen molar-refractivity contribution in [3.63, 3.8) is 0 Å². The number of hydrogen-bond donors (Lipinski definition) is 1. The van der Waals surface area contributed by atoms with Crippen LogP contribution in [-0.2, 0) is 10.8 Å². The first-order valence-electron chi connectivity index (χ1n) is 5.05. The van der Waals surface area contributed by atoms with Gasteiger partial charge in [0.1, 0.15) is 0 Å². The van der Waals surface area contributed by atoms with E-state index in [4.69, 9.17) is 0 Å². The minimum absolute atomic E-state index is 0.187. The second kappa shape index (κ2) is 6.55. The fourth-order valence-electron chi connectivity index (χ4n) is 1.03. The maximum Gasteiger partial charge on any atom is 0.0246 e. The maximum atomic E-state index is 11.3. The van der Waals surface area contributed by atoms with Gasteiger partial charge in [-0.3, -0.25) is 4.21 Å². The lowest BCUT2D eigenvalue weighted by Gasteiger charge is -2.20. The van der Waals surface area contributed by atoms with Crippen LogP contribution in [0.2, 0.25) is 0 Å². The molecule has 0 saturated heterocycles. The summed E-state index contributed by atoms with van der Waals surface area (Å²) >= 11 is 0. The molecule has 0 saturated carbocycles. The van der Waals surface area contributed by atoms with Crippen LogP contribution in [0.25, 0.3) is 0 Å². The molecule has 13 heavy (non-hydrogen) atoms. The van der Waals surface area contributed by atoms with Crippen molar-refractivity contribution in [2.75, 3.05) is 18.1 Å². The first kappa shape index (κ1) is 13.1. The lowest BCUT2D eigenvalue weighted by atomic mass is 10.1. The molecule has 0 aromatic carbocycles. The van der Waals surface area contributed by atoms with Gasteiger partial charge >= 0.3 is 0 Å². The molecule has 3 heteroatoms. The van der Waals surface area contributed by atoms with Crippen molar-refractivity contribution in [1.82, 2.24) is 5.32 Å². The first-order chi connectivity index (χ1) is 5.95. The average molecular weight is 205 g/mol. The summed E-state index contributed by atoms with van der Waals surface area (Å²) in [6.45, 7) is 9.49. The molecule has 0 rings (SSSR count). The molecule has 0 aliphatic rings. The summed E-state index contributed by atoms with van der Waals surface area (Å²) in [5.74, 6) is 1.70. The third kappa shape index (κ3) is 10.0. The normalized spacial score (nSPS) is 14.5. The van der Waals surface area contributed by atoms with Gasteiger partial charge in [-0.25, -0.2) is 0 Å². The molecule has 0 aliphatic carbocycles. The Labute approximate surface area is 84.9 Å². The largest absolute Gasteiger partial charge is 0.312 e. The molecule has 0 radical (unpaired) electrons. The minimum atomic E-state index is -0.588. The van der Waals surface area contributed by atoms with Crippen LogP contribution in [0.15, 0.2) is 0 Å². The van der Waals surface area contributed by atoms with E-state index in [9.17, 15) is 4.21 Å². The minimum Gasteiger partial charge on any atom is -0.312 e. The number of hydrogen-bond acceptors (Lipinski definition) is 2. The fraction of sp³-hybridized carbons (Fsp3) is 1.00. The van der Waals surface area contributed by atoms with Gasteiger partial charge in [-0.15, -0.1) is 0 Å². The second-order valence-electron chi connectivity index (χ2n) is 4.38. The summed E-state index contributed by atoms with van der Waals surface area (Å²) in [7, 11) is -0.588. The van der Waals surface area contributed by atoms with Gasteiger partial charge in [-0.2, -0.15) is 0 Å². The van der Waals surface area contributed by atoms with Crippen molar-refractivity contribution < 1.29 is 4.21 Å². The quantitative estimate of drug-likeness (QED) is 0.671. The SMILES string of the molecule is CCCS(=O)CCCNC(C)(C)C. The summed E-state index contributed by atoms with van der Waals surface area (Å²) in [5, 5.41) is 3.38. The monoisotopic (exact) mass is 205 g/mol. The first-order valence-corrected chi connectivity index (χ1v) is 6.54. The zero-order chi connectivity index (χ0) is 10.3. The topological polar surface area (TPSA) is 29.1 Å². The smallest absolute Gasteiger partial charge is 0.0246 e. The molecule has 0 bridgehead atoms. The van der Waals surface area contributed by atoms with Crippen molar-refractivity contribution in [3.8, 4) is 0 Å². The fourth-order valence-corrected chi connectivity index (χ4v) is 2.15. The third-order valence-electron chi connectivity index (χ3n) is 1.64. The van der Waals surface area contributed by atoms with E-state index in [0.29, 0.717) is 0 Å². The highest BCUT2D eigenvalue weighted by molar-refractivity contribution is 7.84.